The van der Waals surface area contributed by atoms with Gasteiger partial charge >= 0.3 is 0 Å². The van der Waals surface area contributed by atoms with Crippen molar-refractivity contribution in [2.45, 2.75) is 47.5 Å². The topological polar surface area (TPSA) is 91.3 Å². The molecule has 0 saturated heterocycles. The number of rotatable bonds is 3. The summed E-state index contributed by atoms with van der Waals surface area (Å²) in [6.45, 7) is 7.05. The summed E-state index contributed by atoms with van der Waals surface area (Å²) in [5.41, 5.74) is 16.8. The third-order valence-electron chi connectivity index (χ3n) is 23.0. The van der Waals surface area contributed by atoms with E-state index in [1.54, 1.807) is 6.20 Å². The number of ether oxygens (including phenoxy) is 5. The van der Waals surface area contributed by atoms with Crippen molar-refractivity contribution in [2.24, 2.45) is 0 Å². The zero-order valence-corrected chi connectivity index (χ0v) is 61.4. The van der Waals surface area contributed by atoms with E-state index in [2.05, 4.69) is 326 Å². The zero-order chi connectivity index (χ0) is 74.1. The smallest absolute Gasteiger partial charge is 0.293 e. The van der Waals surface area contributed by atoms with Gasteiger partial charge in [-0.15, -0.1) is 0 Å². The molecule has 21 aromatic rings. The molecule has 0 fully saturated rings. The molecule has 112 heavy (non-hydrogen) atoms. The minimum Gasteiger partial charge on any atom is -0.435 e. The molecular weight excluding hydrogens is 1380 g/mol. The maximum Gasteiger partial charge on any atom is 0.293 e. The molecule has 7 aromatic heterocycles. The molecule has 0 bridgehead atoms. The van der Waals surface area contributed by atoms with Crippen LogP contribution < -0.4 is 46.5 Å². The van der Waals surface area contributed by atoms with Gasteiger partial charge in [-0.3, -0.25) is 9.97 Å². The molecule has 12 nitrogen and oxygen atoms in total. The molecule has 0 unspecified atom stereocenters. The van der Waals surface area contributed by atoms with Crippen LogP contribution in [0.2, 0.25) is 0 Å². The van der Waals surface area contributed by atoms with Crippen molar-refractivity contribution >= 4 is 141 Å². The molecule has 12 heterocycles. The molecule has 0 aliphatic carbocycles. The lowest BCUT2D eigenvalue weighted by Gasteiger charge is -2.19. The molecule has 5 aliphatic rings. The third kappa shape index (κ3) is 10.5. The molecule has 530 valence electrons. The molecule has 0 amide bonds. The summed E-state index contributed by atoms with van der Waals surface area (Å²) in [6.07, 6.45) is 11.5. The van der Waals surface area contributed by atoms with Gasteiger partial charge in [0.1, 0.15) is 28.7 Å². The van der Waals surface area contributed by atoms with E-state index in [-0.39, 0.29) is 0 Å². The molecule has 0 N–H and O–H groups in total. The lowest BCUT2D eigenvalue weighted by molar-refractivity contribution is -0.707. The summed E-state index contributed by atoms with van der Waals surface area (Å²) in [6, 6.07) is 103. The largest absolute Gasteiger partial charge is 0.435 e. The van der Waals surface area contributed by atoms with Crippen LogP contribution in [0.15, 0.2) is 328 Å². The molecule has 14 aromatic carbocycles. The minimum absolute atomic E-state index is 0.536. The Bertz CT molecular complexity index is 7330. The number of benzene rings is 14. The van der Waals surface area contributed by atoms with Crippen molar-refractivity contribution in [1.29, 1.82) is 0 Å². The summed E-state index contributed by atoms with van der Waals surface area (Å²) in [7, 11) is 0. The van der Waals surface area contributed by atoms with Crippen molar-refractivity contribution in [1.82, 2.24) is 9.97 Å². The lowest BCUT2D eigenvalue weighted by Crippen LogP contribution is -2.42. The number of fused-ring (bicyclic) bond motifs is 6. The van der Waals surface area contributed by atoms with Gasteiger partial charge in [0.05, 0.1) is 26.9 Å². The number of hydrogen-bond donors (Lipinski definition) is 0. The fourth-order valence-electron chi connectivity index (χ4n) is 17.7. The molecular formula is C100H70N7O5+5. The number of nitrogens with zero attached hydrogens (tertiary/aromatic N) is 7. The average Bonchev–Trinajstić information content (AvgIpc) is 0.741. The number of para-hydroxylation sites is 1. The number of pyridine rings is 7. The van der Waals surface area contributed by atoms with Crippen molar-refractivity contribution < 1.29 is 46.5 Å². The Kier molecular flexibility index (Phi) is 15.1. The van der Waals surface area contributed by atoms with Crippen LogP contribution >= 0.6 is 0 Å². The van der Waals surface area contributed by atoms with E-state index in [1.807, 2.05) is 42.9 Å². The van der Waals surface area contributed by atoms with Gasteiger partial charge in [0.15, 0.2) is 23.8 Å². The maximum atomic E-state index is 6.34. The quantitative estimate of drug-likeness (QED) is 0.0988. The second-order valence-electron chi connectivity index (χ2n) is 29.3. The van der Waals surface area contributed by atoms with Crippen LogP contribution in [0.4, 0.5) is 0 Å². The Balaban J connectivity index is 0.0000000861. The fraction of sp³-hybridized carbons (Fsp3) is 0.0700. The van der Waals surface area contributed by atoms with Crippen LogP contribution in [-0.2, 0) is 33.7 Å². The number of aromatic nitrogens is 7. The van der Waals surface area contributed by atoms with Crippen molar-refractivity contribution in [3.63, 3.8) is 0 Å². The number of aryl methyl sites for hydroxylation is 2. The summed E-state index contributed by atoms with van der Waals surface area (Å²) in [5, 5.41) is 24.7. The normalized spacial score (nSPS) is 12.9. The first-order valence-corrected chi connectivity index (χ1v) is 38.0. The standard InChI is InChI=1S/C24H16NO.2C20H15N2O.2C18H12NO/c1-2-6-16(7-3-1)20-13-12-17-10-11-19-14-18-8-4-5-9-21(18)25-15-26-24(20)22(17)23(19)25;1-13-2-3-16-5-4-15-6-7-17(14-8-10-21-11-9-14)20-18(15)19(16)22(13)12-23-20;1-13-4-5-15-7-6-14-8-9-17(16-3-2-10-21-11-16)20-18(14)19(15)22(13)12-23-20;1-2-6-15-13(4-1)10-14-8-7-12-5-3-9-19-11-20-18(15)16(14)17(12)19;1-2-6-14-13(4-1)10-16-17-15(14)8-7-12-5-3-9-19(11-20-16)18(12)17/h1-14H,15H2;2*2-11H,12H2,1H3;2*1-10H,11H2/q5*+1. The van der Waals surface area contributed by atoms with E-state index in [0.717, 1.165) is 56.6 Å². The van der Waals surface area contributed by atoms with Crippen LogP contribution in [0.1, 0.15) is 11.4 Å². The van der Waals surface area contributed by atoms with Crippen molar-refractivity contribution in [3.8, 4) is 62.1 Å². The second kappa shape index (κ2) is 26.1. The first kappa shape index (κ1) is 64.7. The summed E-state index contributed by atoms with van der Waals surface area (Å²) in [4.78, 5) is 8.36. The van der Waals surface area contributed by atoms with E-state index in [1.165, 1.54) is 158 Å². The van der Waals surface area contributed by atoms with Gasteiger partial charge in [0, 0.05) is 129 Å². The summed E-state index contributed by atoms with van der Waals surface area (Å²) >= 11 is 0. The molecule has 0 spiro atoms. The highest BCUT2D eigenvalue weighted by molar-refractivity contribution is 6.19. The molecule has 26 rings (SSSR count). The molecule has 5 aliphatic heterocycles. The Hall–Kier alpha value is -14.5. The van der Waals surface area contributed by atoms with E-state index < -0.39 is 0 Å². The van der Waals surface area contributed by atoms with E-state index in [9.17, 15) is 0 Å². The highest BCUT2D eigenvalue weighted by Crippen LogP contribution is 2.47. The van der Waals surface area contributed by atoms with Crippen LogP contribution in [0.3, 0.4) is 0 Å². The Labute approximate surface area is 642 Å². The first-order valence-electron chi connectivity index (χ1n) is 38.0. The van der Waals surface area contributed by atoms with Gasteiger partial charge in [0.25, 0.3) is 33.7 Å². The van der Waals surface area contributed by atoms with E-state index in [4.69, 9.17) is 23.7 Å². The van der Waals surface area contributed by atoms with Gasteiger partial charge < -0.3 is 23.7 Å². The number of hydrogen-bond acceptors (Lipinski definition) is 7. The van der Waals surface area contributed by atoms with Gasteiger partial charge in [-0.05, 0) is 169 Å². The Morgan fingerprint density at radius 3 is 1.33 bits per heavy atom. The van der Waals surface area contributed by atoms with Crippen LogP contribution in [0.25, 0.3) is 174 Å². The highest BCUT2D eigenvalue weighted by Gasteiger charge is 2.32. The van der Waals surface area contributed by atoms with Crippen LogP contribution in [0.5, 0.6) is 28.7 Å². The zero-order valence-electron chi connectivity index (χ0n) is 61.4. The third-order valence-corrected chi connectivity index (χ3v) is 23.0. The predicted molar refractivity (Wildman–Crippen MR) is 445 cm³/mol. The Morgan fingerprint density at radius 1 is 0.259 bits per heavy atom. The average molecular weight is 1450 g/mol. The minimum atomic E-state index is 0.536. The highest BCUT2D eigenvalue weighted by atomic mass is 16.5. The first-order chi connectivity index (χ1) is 55.4. The SMILES string of the molecule is Cc1ccc2ccc3ccc(-c4cccnc4)c4c3c2[n+]1CO4.Cc1ccc2ccc3ccc(-c4ccncc4)c4c3c2[n+]1CO4.c1ccc(-c2ccc3ccc4cc5ccccc5[n+]5c4c3c2OC5)cc1.c1ccc2c(c1)cc1c3c2ccc2ccc[n+](c23)CO1.c1ccc2c3c4c(ccc5ccc[n+](c54)CO3)cc2c1. The summed E-state index contributed by atoms with van der Waals surface area (Å²) < 4.78 is 41.9. The van der Waals surface area contributed by atoms with Gasteiger partial charge in [-0.1, -0.05) is 146 Å². The van der Waals surface area contributed by atoms with Gasteiger partial charge in [0.2, 0.25) is 33.1 Å². The maximum absolute atomic E-state index is 6.34. The summed E-state index contributed by atoms with van der Waals surface area (Å²) in [5.74, 6) is 4.96. The lowest BCUT2D eigenvalue weighted by atomic mass is 9.96. The van der Waals surface area contributed by atoms with E-state index in [0.29, 0.717) is 33.7 Å². The monoisotopic (exact) mass is 1450 g/mol. The second-order valence-corrected chi connectivity index (χ2v) is 29.3. The molecule has 0 saturated carbocycles. The van der Waals surface area contributed by atoms with Gasteiger partial charge in [-0.25, -0.2) is 0 Å². The molecule has 12 heteroatoms. The fourth-order valence-corrected chi connectivity index (χ4v) is 17.7. The Morgan fingerprint density at radius 2 is 0.696 bits per heavy atom. The van der Waals surface area contributed by atoms with E-state index >= 15 is 0 Å². The molecule has 0 atom stereocenters. The van der Waals surface area contributed by atoms with Crippen molar-refractivity contribution in [2.75, 3.05) is 0 Å². The van der Waals surface area contributed by atoms with Crippen LogP contribution in [-0.4, -0.2) is 9.97 Å². The predicted octanol–water partition coefficient (Wildman–Crippen LogP) is 21.0. The molecule has 0 radical (unpaired) electrons. The van der Waals surface area contributed by atoms with Crippen LogP contribution in [0, 0.1) is 13.8 Å². The van der Waals surface area contributed by atoms with Crippen molar-refractivity contribution in [3.05, 3.63) is 340 Å². The van der Waals surface area contributed by atoms with Gasteiger partial charge in [-0.2, -0.15) is 22.8 Å².